The van der Waals surface area contributed by atoms with E-state index in [9.17, 15) is 4.79 Å². The molecule has 23 heavy (non-hydrogen) atoms. The van der Waals surface area contributed by atoms with Gasteiger partial charge in [-0.25, -0.2) is 4.98 Å². The van der Waals surface area contributed by atoms with Crippen LogP contribution < -0.4 is 10.9 Å². The Hall–Kier alpha value is -1.35. The minimum Gasteiger partial charge on any atom is -0.355 e. The van der Waals surface area contributed by atoms with Crippen LogP contribution in [-0.4, -0.2) is 51.5 Å². The first kappa shape index (κ1) is 16.5. The van der Waals surface area contributed by atoms with Gasteiger partial charge in [0.25, 0.3) is 5.56 Å². The molecule has 3 rings (SSSR count). The Kier molecular flexibility index (Phi) is 4.77. The van der Waals surface area contributed by atoms with Crippen LogP contribution in [-0.2, 0) is 16.0 Å². The van der Waals surface area contributed by atoms with Gasteiger partial charge in [0.2, 0.25) is 0 Å². The molecule has 0 aliphatic carbocycles. The number of fused-ring (bicyclic) bond motifs is 1. The van der Waals surface area contributed by atoms with Gasteiger partial charge in [0.05, 0.1) is 18.5 Å². The van der Waals surface area contributed by atoms with Crippen LogP contribution in [0.4, 0.5) is 0 Å². The Labute approximate surface area is 138 Å². The molecule has 126 valence electrons. The van der Waals surface area contributed by atoms with Crippen molar-refractivity contribution in [3.8, 4) is 0 Å². The molecule has 7 nitrogen and oxygen atoms in total. The van der Waals surface area contributed by atoms with Crippen molar-refractivity contribution in [3.63, 3.8) is 0 Å². The Bertz CT molecular complexity index is 727. The zero-order valence-corrected chi connectivity index (χ0v) is 14.3. The van der Waals surface area contributed by atoms with Gasteiger partial charge in [0.15, 0.2) is 5.79 Å². The molecule has 1 aliphatic heterocycles. The van der Waals surface area contributed by atoms with Gasteiger partial charge in [-0.3, -0.25) is 4.79 Å². The highest BCUT2D eigenvalue weighted by atomic mass is 32.2. The molecule has 3 N–H and O–H groups in total. The van der Waals surface area contributed by atoms with Gasteiger partial charge >= 0.3 is 0 Å². The van der Waals surface area contributed by atoms with Crippen molar-refractivity contribution < 1.29 is 9.47 Å². The molecule has 8 heteroatoms. The van der Waals surface area contributed by atoms with Gasteiger partial charge in [-0.1, -0.05) is 0 Å². The largest absolute Gasteiger partial charge is 0.355 e. The van der Waals surface area contributed by atoms with Crippen LogP contribution in [0.2, 0.25) is 0 Å². The SMILES string of the molecule is CSC[C@@H](NCc1c[nH]c2c(=O)[nH]cnc12)[C@H]1COC(C)(C)O1. The lowest BCUT2D eigenvalue weighted by molar-refractivity contribution is -0.141. The summed E-state index contributed by atoms with van der Waals surface area (Å²) in [5.41, 5.74) is 2.02. The Balaban J connectivity index is 1.71. The van der Waals surface area contributed by atoms with Crippen molar-refractivity contribution in [2.45, 2.75) is 38.3 Å². The van der Waals surface area contributed by atoms with Gasteiger partial charge in [-0.05, 0) is 20.1 Å². The summed E-state index contributed by atoms with van der Waals surface area (Å²) in [6, 6.07) is 0.165. The number of nitrogens with zero attached hydrogens (tertiary/aromatic N) is 1. The van der Waals surface area contributed by atoms with Gasteiger partial charge in [0.1, 0.15) is 11.6 Å². The minimum absolute atomic E-state index is 0.0130. The molecule has 2 atom stereocenters. The third-order valence-electron chi connectivity index (χ3n) is 3.93. The summed E-state index contributed by atoms with van der Waals surface area (Å²) in [5, 5.41) is 3.52. The average molecular weight is 338 g/mol. The first-order chi connectivity index (χ1) is 11.0. The van der Waals surface area contributed by atoms with E-state index in [1.807, 2.05) is 20.0 Å². The zero-order valence-electron chi connectivity index (χ0n) is 13.5. The molecule has 0 bridgehead atoms. The monoisotopic (exact) mass is 338 g/mol. The number of thioether (sulfide) groups is 1. The highest BCUT2D eigenvalue weighted by Crippen LogP contribution is 2.25. The average Bonchev–Trinajstić information content (AvgIpc) is 3.08. The number of rotatable bonds is 6. The lowest BCUT2D eigenvalue weighted by atomic mass is 10.2. The molecule has 2 aromatic heterocycles. The van der Waals surface area contributed by atoms with E-state index in [2.05, 4.69) is 26.5 Å². The molecule has 0 radical (unpaired) electrons. The summed E-state index contributed by atoms with van der Waals surface area (Å²) in [6.45, 7) is 5.05. The van der Waals surface area contributed by atoms with E-state index < -0.39 is 5.79 Å². The Morgan fingerprint density at radius 3 is 3.04 bits per heavy atom. The second kappa shape index (κ2) is 6.64. The summed E-state index contributed by atoms with van der Waals surface area (Å²) in [5.74, 6) is 0.388. The molecule has 1 aliphatic rings. The summed E-state index contributed by atoms with van der Waals surface area (Å²) in [4.78, 5) is 21.5. The Morgan fingerprint density at radius 2 is 2.35 bits per heavy atom. The minimum atomic E-state index is -0.529. The third kappa shape index (κ3) is 3.60. The van der Waals surface area contributed by atoms with Crippen molar-refractivity contribution in [1.82, 2.24) is 20.3 Å². The van der Waals surface area contributed by atoms with E-state index in [0.717, 1.165) is 11.3 Å². The highest BCUT2D eigenvalue weighted by Gasteiger charge is 2.37. The highest BCUT2D eigenvalue weighted by molar-refractivity contribution is 7.98. The molecule has 0 aromatic carbocycles. The van der Waals surface area contributed by atoms with Crippen LogP contribution in [0.3, 0.4) is 0 Å². The molecule has 0 spiro atoms. The van der Waals surface area contributed by atoms with E-state index in [4.69, 9.17) is 9.47 Å². The van der Waals surface area contributed by atoms with Crippen LogP contribution in [0.25, 0.3) is 11.0 Å². The molecule has 0 amide bonds. The quantitative estimate of drug-likeness (QED) is 0.734. The summed E-state index contributed by atoms with van der Waals surface area (Å²) < 4.78 is 11.6. The second-order valence-corrected chi connectivity index (χ2v) is 6.99. The zero-order chi connectivity index (χ0) is 16.4. The lowest BCUT2D eigenvalue weighted by Gasteiger charge is -2.24. The standard InChI is InChI=1S/C15H22N4O3S/c1-15(2)21-6-11(22-15)10(7-23-3)16-4-9-5-17-13-12(9)18-8-19-14(13)20/h5,8,10-11,16-17H,4,6-7H2,1-3H3,(H,18,19,20)/t10-,11-/m1/s1. The van der Waals surface area contributed by atoms with Gasteiger partial charge in [-0.2, -0.15) is 11.8 Å². The topological polar surface area (TPSA) is 92.0 Å². The summed E-state index contributed by atoms with van der Waals surface area (Å²) in [7, 11) is 0. The first-order valence-corrected chi connectivity index (χ1v) is 8.97. The fourth-order valence-electron chi connectivity index (χ4n) is 2.77. The van der Waals surface area contributed by atoms with Crippen LogP contribution in [0.15, 0.2) is 17.3 Å². The van der Waals surface area contributed by atoms with E-state index >= 15 is 0 Å². The predicted molar refractivity (Wildman–Crippen MR) is 90.6 cm³/mol. The van der Waals surface area contributed by atoms with Gasteiger partial charge in [-0.15, -0.1) is 0 Å². The van der Waals surface area contributed by atoms with Crippen molar-refractivity contribution in [1.29, 1.82) is 0 Å². The molecular formula is C15H22N4O3S. The molecule has 0 unspecified atom stereocenters. The molecular weight excluding hydrogens is 316 g/mol. The van der Waals surface area contributed by atoms with Crippen molar-refractivity contribution in [3.05, 3.63) is 28.4 Å². The lowest BCUT2D eigenvalue weighted by Crippen LogP contribution is -2.43. The van der Waals surface area contributed by atoms with E-state index in [1.54, 1.807) is 11.8 Å². The van der Waals surface area contributed by atoms with Crippen molar-refractivity contribution in [2.75, 3.05) is 18.6 Å². The molecule has 0 saturated carbocycles. The number of hydrogen-bond donors (Lipinski definition) is 3. The van der Waals surface area contributed by atoms with Crippen LogP contribution in [0.1, 0.15) is 19.4 Å². The van der Waals surface area contributed by atoms with Crippen molar-refractivity contribution >= 4 is 22.8 Å². The maximum atomic E-state index is 11.7. The van der Waals surface area contributed by atoms with Crippen molar-refractivity contribution in [2.24, 2.45) is 0 Å². The number of nitrogens with one attached hydrogen (secondary N) is 3. The van der Waals surface area contributed by atoms with Crippen LogP contribution in [0, 0.1) is 0 Å². The molecule has 1 fully saturated rings. The maximum Gasteiger partial charge on any atom is 0.275 e. The Morgan fingerprint density at radius 1 is 1.52 bits per heavy atom. The third-order valence-corrected chi connectivity index (χ3v) is 4.62. The van der Waals surface area contributed by atoms with Gasteiger partial charge in [0, 0.05) is 30.1 Å². The van der Waals surface area contributed by atoms with Gasteiger partial charge < -0.3 is 24.8 Å². The van der Waals surface area contributed by atoms with Crippen LogP contribution >= 0.6 is 11.8 Å². The maximum absolute atomic E-state index is 11.7. The van der Waals surface area contributed by atoms with E-state index in [0.29, 0.717) is 24.2 Å². The smallest absolute Gasteiger partial charge is 0.275 e. The fourth-order valence-corrected chi connectivity index (χ4v) is 3.46. The van der Waals surface area contributed by atoms with E-state index in [1.165, 1.54) is 6.33 Å². The van der Waals surface area contributed by atoms with Crippen LogP contribution in [0.5, 0.6) is 0 Å². The fraction of sp³-hybridized carbons (Fsp3) is 0.600. The molecule has 3 heterocycles. The molecule has 2 aromatic rings. The predicted octanol–water partition coefficient (Wildman–Crippen LogP) is 1.22. The first-order valence-electron chi connectivity index (χ1n) is 7.58. The number of H-pyrrole nitrogens is 2. The van der Waals surface area contributed by atoms with E-state index in [-0.39, 0.29) is 17.7 Å². The number of ether oxygens (including phenoxy) is 2. The molecule has 1 saturated heterocycles. The number of aromatic amines is 2. The summed E-state index contributed by atoms with van der Waals surface area (Å²) >= 11 is 1.76. The second-order valence-electron chi connectivity index (χ2n) is 6.08. The summed E-state index contributed by atoms with van der Waals surface area (Å²) in [6.07, 6.45) is 5.34. The number of aromatic nitrogens is 3. The number of hydrogen-bond acceptors (Lipinski definition) is 6. The normalized spacial score (nSPS) is 21.8.